The van der Waals surface area contributed by atoms with Crippen molar-refractivity contribution in [1.29, 1.82) is 0 Å². The van der Waals surface area contributed by atoms with E-state index >= 15 is 0 Å². The van der Waals surface area contributed by atoms with Crippen LogP contribution in [0.15, 0.2) is 52.5 Å². The number of hydrogen-bond donors (Lipinski definition) is 2. The number of likely N-dealkylation sites (N-methyl/N-ethyl adjacent to an activating group) is 1. The molecule has 10 heteroatoms. The Hall–Kier alpha value is -3.24. The summed E-state index contributed by atoms with van der Waals surface area (Å²) in [7, 11) is -1.07. The van der Waals surface area contributed by atoms with Crippen LogP contribution in [0.1, 0.15) is 21.5 Å². The lowest BCUT2D eigenvalue weighted by atomic mass is 10.1. The first-order valence-corrected chi connectivity index (χ1v) is 9.85. The number of carboxylic acids is 1. The molecule has 0 aliphatic rings. The molecular weight excluding hydrogens is 398 g/mol. The minimum Gasteiger partial charge on any atom is -0.496 e. The van der Waals surface area contributed by atoms with Gasteiger partial charge in [-0.05, 0) is 48.4 Å². The molecule has 0 aliphatic carbocycles. The van der Waals surface area contributed by atoms with Crippen LogP contribution in [0, 0.1) is 6.92 Å². The summed E-state index contributed by atoms with van der Waals surface area (Å²) in [6.07, 6.45) is 1.32. The van der Waals surface area contributed by atoms with E-state index in [4.69, 9.17) is 9.84 Å². The van der Waals surface area contributed by atoms with Gasteiger partial charge in [-0.3, -0.25) is 4.79 Å². The van der Waals surface area contributed by atoms with Crippen molar-refractivity contribution in [1.82, 2.24) is 9.73 Å². The Bertz CT molecular complexity index is 1030. The van der Waals surface area contributed by atoms with Crippen LogP contribution in [0.3, 0.4) is 0 Å². The minimum atomic E-state index is -3.86. The number of hydrazone groups is 1. The van der Waals surface area contributed by atoms with E-state index in [2.05, 4.69) is 10.5 Å². The fourth-order valence-electron chi connectivity index (χ4n) is 2.40. The van der Waals surface area contributed by atoms with E-state index in [1.807, 2.05) is 0 Å². The van der Waals surface area contributed by atoms with Crippen molar-refractivity contribution in [2.45, 2.75) is 11.8 Å². The maximum absolute atomic E-state index is 12.6. The summed E-state index contributed by atoms with van der Waals surface area (Å²) in [6.45, 7) is 1.30. The molecule has 1 amide bonds. The minimum absolute atomic E-state index is 0.0492. The molecule has 0 fully saturated rings. The average Bonchev–Trinajstić information content (AvgIpc) is 2.68. The summed E-state index contributed by atoms with van der Waals surface area (Å²) in [4.78, 5) is 22.9. The van der Waals surface area contributed by atoms with E-state index in [0.29, 0.717) is 16.9 Å². The zero-order valence-electron chi connectivity index (χ0n) is 16.1. The second-order valence-corrected chi connectivity index (χ2v) is 8.16. The fraction of sp³-hybridized carbons (Fsp3) is 0.211. The molecule has 0 unspecified atom stereocenters. The lowest BCUT2D eigenvalue weighted by molar-refractivity contribution is -0.121. The first-order chi connectivity index (χ1) is 13.6. The number of amides is 1. The molecule has 0 aliphatic heterocycles. The quantitative estimate of drug-likeness (QED) is 0.493. The van der Waals surface area contributed by atoms with Crippen LogP contribution in [0.5, 0.6) is 5.75 Å². The van der Waals surface area contributed by atoms with Crippen LogP contribution in [-0.2, 0) is 14.8 Å². The first-order valence-electron chi connectivity index (χ1n) is 8.41. The van der Waals surface area contributed by atoms with Crippen molar-refractivity contribution in [3.63, 3.8) is 0 Å². The summed E-state index contributed by atoms with van der Waals surface area (Å²) in [5, 5.41) is 12.6. The van der Waals surface area contributed by atoms with E-state index in [9.17, 15) is 18.0 Å². The van der Waals surface area contributed by atoms with Gasteiger partial charge in [-0.1, -0.05) is 12.1 Å². The van der Waals surface area contributed by atoms with Crippen LogP contribution in [-0.4, -0.2) is 56.6 Å². The van der Waals surface area contributed by atoms with Crippen LogP contribution >= 0.6 is 0 Å². The predicted molar refractivity (Wildman–Crippen MR) is 107 cm³/mol. The Morgan fingerprint density at radius 3 is 2.41 bits per heavy atom. The van der Waals surface area contributed by atoms with Gasteiger partial charge in [-0.2, -0.15) is 9.41 Å². The molecule has 0 heterocycles. The molecule has 0 bridgehead atoms. The van der Waals surface area contributed by atoms with Crippen LogP contribution in [0.2, 0.25) is 0 Å². The third-order valence-corrected chi connectivity index (χ3v) is 5.80. The standard InChI is InChI=1S/C19H21N3O6S/c1-13-10-16(8-9-17(13)28-3)29(26,27)22(2)12-18(23)21-20-11-14-4-6-15(7-5-14)19(24)25/h4-11H,12H2,1-3H3,(H,21,23)(H,24,25). The van der Waals surface area contributed by atoms with E-state index in [1.165, 1.54) is 56.8 Å². The first kappa shape index (κ1) is 22.1. The number of methoxy groups -OCH3 is 1. The topological polar surface area (TPSA) is 125 Å². The number of sulfonamides is 1. The molecule has 2 aromatic carbocycles. The zero-order valence-corrected chi connectivity index (χ0v) is 16.9. The third-order valence-electron chi connectivity index (χ3n) is 4.00. The van der Waals surface area contributed by atoms with Crippen LogP contribution in [0.25, 0.3) is 0 Å². The number of aryl methyl sites for hydroxylation is 1. The Kier molecular flexibility index (Phi) is 7.08. The lowest BCUT2D eigenvalue weighted by Crippen LogP contribution is -2.36. The lowest BCUT2D eigenvalue weighted by Gasteiger charge is -2.17. The van der Waals surface area contributed by atoms with Gasteiger partial charge in [-0.25, -0.2) is 18.6 Å². The van der Waals surface area contributed by atoms with Crippen molar-refractivity contribution in [3.05, 3.63) is 59.2 Å². The molecule has 2 rings (SSSR count). The van der Waals surface area contributed by atoms with Gasteiger partial charge in [0.25, 0.3) is 5.91 Å². The molecule has 154 valence electrons. The van der Waals surface area contributed by atoms with Crippen molar-refractivity contribution in [3.8, 4) is 5.75 Å². The largest absolute Gasteiger partial charge is 0.496 e. The average molecular weight is 419 g/mol. The van der Waals surface area contributed by atoms with Gasteiger partial charge in [0.15, 0.2) is 0 Å². The summed E-state index contributed by atoms with van der Waals surface area (Å²) in [5.74, 6) is -1.10. The zero-order chi connectivity index (χ0) is 21.6. The molecule has 2 N–H and O–H groups in total. The number of carboxylic acid groups (broad SMARTS) is 1. The van der Waals surface area contributed by atoms with Gasteiger partial charge in [0.05, 0.1) is 30.3 Å². The molecular formula is C19H21N3O6S. The third kappa shape index (κ3) is 5.62. The predicted octanol–water partition coefficient (Wildman–Crippen LogP) is 1.47. The molecule has 0 atom stereocenters. The Balaban J connectivity index is 1.98. The second kappa shape index (κ2) is 9.30. The number of ether oxygens (including phenoxy) is 1. The van der Waals surface area contributed by atoms with E-state index in [0.717, 1.165) is 4.31 Å². The SMILES string of the molecule is COc1ccc(S(=O)(=O)N(C)CC(=O)NN=Cc2ccc(C(=O)O)cc2)cc1C. The molecule has 2 aromatic rings. The van der Waals surface area contributed by atoms with Gasteiger partial charge in [0.1, 0.15) is 5.75 Å². The molecule has 29 heavy (non-hydrogen) atoms. The number of nitrogens with one attached hydrogen (secondary N) is 1. The smallest absolute Gasteiger partial charge is 0.335 e. The van der Waals surface area contributed by atoms with Crippen molar-refractivity contribution in [2.24, 2.45) is 5.10 Å². The molecule has 0 saturated heterocycles. The highest BCUT2D eigenvalue weighted by Gasteiger charge is 2.23. The highest BCUT2D eigenvalue weighted by molar-refractivity contribution is 7.89. The summed E-state index contributed by atoms with van der Waals surface area (Å²) in [5.41, 5.74) is 3.60. The Morgan fingerprint density at radius 2 is 1.86 bits per heavy atom. The highest BCUT2D eigenvalue weighted by Crippen LogP contribution is 2.23. The number of hydrogen-bond acceptors (Lipinski definition) is 6. The van der Waals surface area contributed by atoms with Crippen molar-refractivity contribution < 1.29 is 27.9 Å². The Morgan fingerprint density at radius 1 is 1.21 bits per heavy atom. The van der Waals surface area contributed by atoms with Crippen LogP contribution < -0.4 is 10.2 Å². The maximum atomic E-state index is 12.6. The van der Waals surface area contributed by atoms with Gasteiger partial charge in [-0.15, -0.1) is 0 Å². The number of carbonyl (C=O) groups excluding carboxylic acids is 1. The Labute approximate surface area is 168 Å². The monoisotopic (exact) mass is 419 g/mol. The number of benzene rings is 2. The van der Waals surface area contributed by atoms with E-state index in [1.54, 1.807) is 13.0 Å². The van der Waals surface area contributed by atoms with E-state index < -0.39 is 28.4 Å². The van der Waals surface area contributed by atoms with Gasteiger partial charge in [0, 0.05) is 7.05 Å². The summed E-state index contributed by atoms with van der Waals surface area (Å²) >= 11 is 0. The van der Waals surface area contributed by atoms with Crippen molar-refractivity contribution >= 4 is 28.1 Å². The molecule has 0 aromatic heterocycles. The number of carbonyl (C=O) groups is 2. The van der Waals surface area contributed by atoms with E-state index in [-0.39, 0.29) is 10.5 Å². The maximum Gasteiger partial charge on any atom is 0.335 e. The molecule has 0 radical (unpaired) electrons. The highest BCUT2D eigenvalue weighted by atomic mass is 32.2. The molecule has 0 saturated carbocycles. The number of rotatable bonds is 8. The molecule has 9 nitrogen and oxygen atoms in total. The summed E-state index contributed by atoms with van der Waals surface area (Å²) < 4.78 is 31.3. The van der Waals surface area contributed by atoms with Crippen molar-refractivity contribution in [2.75, 3.05) is 20.7 Å². The van der Waals surface area contributed by atoms with Gasteiger partial charge >= 0.3 is 5.97 Å². The number of nitrogens with zero attached hydrogens (tertiary/aromatic N) is 2. The van der Waals surface area contributed by atoms with Crippen LogP contribution in [0.4, 0.5) is 0 Å². The fourth-order valence-corrected chi connectivity index (χ4v) is 3.62. The normalized spacial score (nSPS) is 11.6. The van der Waals surface area contributed by atoms with Gasteiger partial charge < -0.3 is 9.84 Å². The van der Waals surface area contributed by atoms with Gasteiger partial charge in [0.2, 0.25) is 10.0 Å². The second-order valence-electron chi connectivity index (χ2n) is 6.11. The summed E-state index contributed by atoms with van der Waals surface area (Å²) in [6, 6.07) is 10.3. The molecule has 0 spiro atoms. The number of aromatic carboxylic acids is 1.